The average Bonchev–Trinajstić information content (AvgIpc) is 3.22. The molecule has 0 saturated carbocycles. The van der Waals surface area contributed by atoms with Gasteiger partial charge in [-0.05, 0) is 66.8 Å². The number of rotatable bonds is 7. The number of pyridine rings is 1. The van der Waals surface area contributed by atoms with E-state index in [-0.39, 0.29) is 0 Å². The van der Waals surface area contributed by atoms with Gasteiger partial charge in [0.2, 0.25) is 0 Å². The van der Waals surface area contributed by atoms with Crippen LogP contribution >= 0.6 is 0 Å². The largest absolute Gasteiger partial charge is 0.496 e. The Morgan fingerprint density at radius 3 is 2.47 bits per heavy atom. The molecule has 0 fully saturated rings. The fourth-order valence-corrected chi connectivity index (χ4v) is 4.42. The van der Waals surface area contributed by atoms with Crippen LogP contribution in [-0.2, 0) is 6.42 Å². The number of nitrogens with one attached hydrogen (secondary N) is 1. The van der Waals surface area contributed by atoms with Gasteiger partial charge in [0.1, 0.15) is 5.75 Å². The number of aromatic nitrogens is 2. The van der Waals surface area contributed by atoms with Gasteiger partial charge in [0.05, 0.1) is 24.0 Å². The lowest BCUT2D eigenvalue weighted by Gasteiger charge is -2.10. The second-order valence-electron chi connectivity index (χ2n) is 8.08. The maximum absolute atomic E-state index is 5.79. The molecule has 2 heterocycles. The molecule has 3 N–H and O–H groups in total. The van der Waals surface area contributed by atoms with Gasteiger partial charge in [0.15, 0.2) is 0 Å². The second kappa shape index (κ2) is 8.85. The van der Waals surface area contributed by atoms with Crippen LogP contribution in [0.1, 0.15) is 18.4 Å². The molecule has 0 atom stereocenters. The maximum atomic E-state index is 5.79. The Morgan fingerprint density at radius 1 is 0.844 bits per heavy atom. The molecule has 0 spiro atoms. The van der Waals surface area contributed by atoms with E-state index in [2.05, 4.69) is 47.4 Å². The second-order valence-corrected chi connectivity index (χ2v) is 8.08. The summed E-state index contributed by atoms with van der Waals surface area (Å²) in [5, 5.41) is 2.26. The van der Waals surface area contributed by atoms with Crippen LogP contribution in [-0.4, -0.2) is 23.6 Å². The molecular weight excluding hydrogens is 394 g/mol. The molecule has 0 bridgehead atoms. The number of methoxy groups -OCH3 is 1. The zero-order valence-corrected chi connectivity index (χ0v) is 18.3. The summed E-state index contributed by atoms with van der Waals surface area (Å²) in [5.41, 5.74) is 13.5. The van der Waals surface area contributed by atoms with Crippen LogP contribution in [0.25, 0.3) is 44.3 Å². The van der Waals surface area contributed by atoms with Crippen LogP contribution in [0.4, 0.5) is 0 Å². The number of aryl methyl sites for hydroxylation is 1. The van der Waals surface area contributed by atoms with E-state index in [1.807, 2.05) is 36.4 Å². The molecule has 0 unspecified atom stereocenters. The van der Waals surface area contributed by atoms with Crippen molar-refractivity contribution >= 4 is 21.8 Å². The lowest BCUT2D eigenvalue weighted by atomic mass is 9.98. The predicted octanol–water partition coefficient (Wildman–Crippen LogP) is 6.34. The fourth-order valence-electron chi connectivity index (χ4n) is 4.42. The third-order valence-corrected chi connectivity index (χ3v) is 6.05. The zero-order valence-electron chi connectivity index (χ0n) is 18.3. The highest BCUT2D eigenvalue weighted by Gasteiger charge is 2.17. The Morgan fingerprint density at radius 2 is 1.66 bits per heavy atom. The van der Waals surface area contributed by atoms with Crippen LogP contribution in [0, 0.1) is 0 Å². The van der Waals surface area contributed by atoms with Crippen LogP contribution < -0.4 is 10.5 Å². The molecule has 2 aromatic heterocycles. The van der Waals surface area contributed by atoms with Gasteiger partial charge in [0, 0.05) is 22.4 Å². The number of hydrogen-bond acceptors (Lipinski definition) is 3. The third kappa shape index (κ3) is 3.74. The van der Waals surface area contributed by atoms with Crippen molar-refractivity contribution in [1.29, 1.82) is 0 Å². The summed E-state index contributed by atoms with van der Waals surface area (Å²) in [6.07, 6.45) is 2.98. The van der Waals surface area contributed by atoms with E-state index in [1.165, 1.54) is 22.1 Å². The predicted molar refractivity (Wildman–Crippen MR) is 133 cm³/mol. The number of H-pyrrole nitrogens is 1. The summed E-state index contributed by atoms with van der Waals surface area (Å²) in [5.74, 6) is 0.835. The van der Waals surface area contributed by atoms with Crippen molar-refractivity contribution in [3.05, 3.63) is 84.4 Å². The minimum Gasteiger partial charge on any atom is -0.496 e. The van der Waals surface area contributed by atoms with Crippen LogP contribution in [0.5, 0.6) is 5.75 Å². The van der Waals surface area contributed by atoms with E-state index >= 15 is 0 Å². The number of unbranched alkanes of at least 4 members (excludes halogenated alkanes) is 1. The van der Waals surface area contributed by atoms with Crippen molar-refractivity contribution in [3.8, 4) is 28.3 Å². The molecule has 0 aliphatic rings. The molecule has 5 rings (SSSR count). The first-order chi connectivity index (χ1) is 15.8. The quantitative estimate of drug-likeness (QED) is 0.301. The Hall–Kier alpha value is -3.63. The first-order valence-electron chi connectivity index (χ1n) is 11.1. The van der Waals surface area contributed by atoms with Crippen molar-refractivity contribution in [2.45, 2.75) is 19.3 Å². The first-order valence-corrected chi connectivity index (χ1v) is 11.1. The summed E-state index contributed by atoms with van der Waals surface area (Å²) >= 11 is 0. The van der Waals surface area contributed by atoms with Crippen LogP contribution in [0.3, 0.4) is 0 Å². The van der Waals surface area contributed by atoms with Gasteiger partial charge in [-0.15, -0.1) is 0 Å². The normalized spacial score (nSPS) is 11.3. The number of ether oxygens (including phenoxy) is 1. The minimum absolute atomic E-state index is 0.703. The standard InChI is InChI=1S/C28H27N3O/c1-32-27-18-26(30-24-13-6-5-12-22(24)27)28-21(11-7-8-16-29)23-17-20(14-15-25(23)31-28)19-9-3-2-4-10-19/h2-6,9-10,12-15,17-18,31H,7-8,11,16,29H2,1H3. The molecule has 4 nitrogen and oxygen atoms in total. The number of hydrogen-bond donors (Lipinski definition) is 2. The topological polar surface area (TPSA) is 63.9 Å². The van der Waals surface area contributed by atoms with Crippen LogP contribution in [0.2, 0.25) is 0 Å². The Labute approximate surface area is 188 Å². The summed E-state index contributed by atoms with van der Waals surface area (Å²) < 4.78 is 5.71. The summed E-state index contributed by atoms with van der Waals surface area (Å²) in [6.45, 7) is 0.703. The van der Waals surface area contributed by atoms with Gasteiger partial charge >= 0.3 is 0 Å². The van der Waals surface area contributed by atoms with Crippen molar-refractivity contribution in [2.75, 3.05) is 13.7 Å². The first kappa shape index (κ1) is 20.3. The van der Waals surface area contributed by atoms with Crippen molar-refractivity contribution in [2.24, 2.45) is 5.73 Å². The van der Waals surface area contributed by atoms with Gasteiger partial charge in [0.25, 0.3) is 0 Å². The molecule has 4 heteroatoms. The SMILES string of the molecule is COc1cc(-c2[nH]c3ccc(-c4ccccc4)cc3c2CCCCN)nc2ccccc12. The summed E-state index contributed by atoms with van der Waals surface area (Å²) in [4.78, 5) is 8.64. The van der Waals surface area contributed by atoms with Crippen LogP contribution in [0.15, 0.2) is 78.9 Å². The highest BCUT2D eigenvalue weighted by molar-refractivity contribution is 5.95. The number of nitrogens with two attached hydrogens (primary N) is 1. The van der Waals surface area contributed by atoms with Gasteiger partial charge < -0.3 is 15.5 Å². The molecular formula is C28H27N3O. The van der Waals surface area contributed by atoms with E-state index in [0.717, 1.165) is 52.8 Å². The number of nitrogens with zero attached hydrogens (tertiary/aromatic N) is 1. The van der Waals surface area contributed by atoms with Gasteiger partial charge in [-0.2, -0.15) is 0 Å². The van der Waals surface area contributed by atoms with E-state index in [0.29, 0.717) is 6.54 Å². The van der Waals surface area contributed by atoms with Crippen molar-refractivity contribution in [3.63, 3.8) is 0 Å². The minimum atomic E-state index is 0.703. The molecule has 5 aromatic rings. The molecule has 0 radical (unpaired) electrons. The Kier molecular flexibility index (Phi) is 5.61. The summed E-state index contributed by atoms with van der Waals surface area (Å²) in [6, 6.07) is 27.3. The summed E-state index contributed by atoms with van der Waals surface area (Å²) in [7, 11) is 1.71. The molecule has 32 heavy (non-hydrogen) atoms. The van der Waals surface area contributed by atoms with E-state index in [4.69, 9.17) is 15.5 Å². The zero-order chi connectivity index (χ0) is 21.9. The Bertz CT molecular complexity index is 1370. The number of benzene rings is 3. The number of aromatic amines is 1. The number of para-hydroxylation sites is 1. The smallest absolute Gasteiger partial charge is 0.130 e. The third-order valence-electron chi connectivity index (χ3n) is 6.05. The molecule has 3 aromatic carbocycles. The average molecular weight is 422 g/mol. The highest BCUT2D eigenvalue weighted by atomic mass is 16.5. The maximum Gasteiger partial charge on any atom is 0.130 e. The molecule has 0 amide bonds. The van der Waals surface area contributed by atoms with Crippen molar-refractivity contribution < 1.29 is 4.74 Å². The van der Waals surface area contributed by atoms with Gasteiger partial charge in [-0.1, -0.05) is 48.5 Å². The molecule has 0 aliphatic heterocycles. The highest BCUT2D eigenvalue weighted by Crippen LogP contribution is 2.36. The molecule has 160 valence electrons. The Balaban J connectivity index is 1.70. The molecule has 0 aliphatic carbocycles. The molecule has 0 saturated heterocycles. The monoisotopic (exact) mass is 421 g/mol. The lowest BCUT2D eigenvalue weighted by molar-refractivity contribution is 0.419. The van der Waals surface area contributed by atoms with Gasteiger partial charge in [-0.25, -0.2) is 4.98 Å². The lowest BCUT2D eigenvalue weighted by Crippen LogP contribution is -2.00. The van der Waals surface area contributed by atoms with E-state index in [1.54, 1.807) is 7.11 Å². The van der Waals surface area contributed by atoms with Crippen molar-refractivity contribution in [1.82, 2.24) is 9.97 Å². The fraction of sp³-hybridized carbons (Fsp3) is 0.179. The van der Waals surface area contributed by atoms with E-state index in [9.17, 15) is 0 Å². The van der Waals surface area contributed by atoms with E-state index < -0.39 is 0 Å². The number of fused-ring (bicyclic) bond motifs is 2. The van der Waals surface area contributed by atoms with Gasteiger partial charge in [-0.3, -0.25) is 0 Å².